The van der Waals surface area contributed by atoms with Gasteiger partial charge in [-0.15, -0.1) is 0 Å². The number of nitrogens with zero attached hydrogens (tertiary/aromatic N) is 2. The Morgan fingerprint density at radius 3 is 2.08 bits per heavy atom. The highest BCUT2D eigenvalue weighted by Crippen LogP contribution is 2.44. The topological polar surface area (TPSA) is 21.4 Å². The van der Waals surface area contributed by atoms with Crippen LogP contribution in [0.25, 0.3) is 76.7 Å². The van der Waals surface area contributed by atoms with Crippen molar-refractivity contribution in [2.24, 2.45) is 0 Å². The predicted molar refractivity (Wildman–Crippen MR) is 224 cm³/mol. The minimum Gasteiger partial charge on any atom is -0.355 e. The van der Waals surface area contributed by atoms with Crippen LogP contribution in [0.5, 0.6) is 0 Å². The molecule has 4 heterocycles. The fourth-order valence-electron chi connectivity index (χ4n) is 9.21. The molecule has 0 fully saturated rings. The van der Waals surface area contributed by atoms with Crippen LogP contribution in [0.2, 0.25) is 0 Å². The van der Waals surface area contributed by atoms with Gasteiger partial charge in [-0.3, -0.25) is 0 Å². The lowest BCUT2D eigenvalue weighted by Crippen LogP contribution is -2.37. The summed E-state index contributed by atoms with van der Waals surface area (Å²) < 4.78 is 5.03. The molecule has 3 aromatic heterocycles. The van der Waals surface area contributed by atoms with Crippen molar-refractivity contribution in [2.45, 2.75) is 39.5 Å². The molecule has 7 aromatic carbocycles. The number of nitrogens with one attached hydrogen (secondary N) is 1. The highest BCUT2D eigenvalue weighted by atomic mass is 15.0. The van der Waals surface area contributed by atoms with Crippen molar-refractivity contribution in [3.05, 3.63) is 145 Å². The van der Waals surface area contributed by atoms with Crippen LogP contribution < -0.4 is 16.2 Å². The van der Waals surface area contributed by atoms with E-state index in [4.69, 9.17) is 0 Å². The monoisotopic (exact) mass is 666 g/mol. The summed E-state index contributed by atoms with van der Waals surface area (Å²) in [6.07, 6.45) is 4.67. The van der Waals surface area contributed by atoms with Gasteiger partial charge in [0.2, 0.25) is 0 Å². The lowest BCUT2D eigenvalue weighted by atomic mass is 9.59. The molecular weight excluding hydrogens is 629 g/mol. The molecule has 0 unspecified atom stereocenters. The quantitative estimate of drug-likeness (QED) is 0.133. The number of hydrogen-bond acceptors (Lipinski definition) is 1. The molecule has 1 N–H and O–H groups in total. The summed E-state index contributed by atoms with van der Waals surface area (Å²) >= 11 is 0. The van der Waals surface area contributed by atoms with Crippen LogP contribution in [0.3, 0.4) is 0 Å². The van der Waals surface area contributed by atoms with Gasteiger partial charge in [0.05, 0.1) is 22.1 Å². The number of hydrogen-bond donors (Lipinski definition) is 1. The Hall–Kier alpha value is -6.00. The van der Waals surface area contributed by atoms with Crippen LogP contribution in [-0.2, 0) is 6.42 Å². The molecule has 10 aromatic rings. The van der Waals surface area contributed by atoms with E-state index in [1.807, 2.05) is 0 Å². The first-order valence-electron chi connectivity index (χ1n) is 18.8. The summed E-state index contributed by atoms with van der Waals surface area (Å²) in [5, 5.41) is 11.8. The first-order chi connectivity index (χ1) is 25.7. The molecule has 0 aliphatic carbocycles. The summed E-state index contributed by atoms with van der Waals surface area (Å²) in [6.45, 7) is 4.48. The number of para-hydroxylation sites is 5. The molecule has 0 amide bonds. The van der Waals surface area contributed by atoms with Gasteiger partial charge in [0.15, 0.2) is 7.28 Å². The van der Waals surface area contributed by atoms with Crippen LogP contribution in [0, 0.1) is 6.92 Å². The van der Waals surface area contributed by atoms with Crippen LogP contribution in [0.4, 0.5) is 11.4 Å². The maximum Gasteiger partial charge on any atom is 0.197 e. The van der Waals surface area contributed by atoms with Gasteiger partial charge in [0, 0.05) is 60.5 Å². The molecule has 4 heteroatoms. The molecule has 1 radical (unpaired) electrons. The normalized spacial score (nSPS) is 12.5. The molecule has 1 aliphatic heterocycles. The zero-order chi connectivity index (χ0) is 34.5. The fraction of sp³-hybridized carbons (Fsp3) is 0.125. The summed E-state index contributed by atoms with van der Waals surface area (Å²) in [4.78, 5) is 0. The number of aromatic nitrogens is 2. The SMILES string of the molecule is CCCCCc1cc(-c2cc3c4cccc5c6ccccc6n(c3cc2Nc2ccccc2C)c54)c2c(c1)-n1c3ccccc3c3cccc(c31)[B]2. The van der Waals surface area contributed by atoms with Gasteiger partial charge in [-0.25, -0.2) is 0 Å². The first-order valence-corrected chi connectivity index (χ1v) is 18.8. The van der Waals surface area contributed by atoms with Gasteiger partial charge >= 0.3 is 0 Å². The number of aryl methyl sites for hydroxylation is 2. The molecular formula is C48H37BN3. The van der Waals surface area contributed by atoms with Crippen LogP contribution >= 0.6 is 0 Å². The third kappa shape index (κ3) is 4.15. The smallest absolute Gasteiger partial charge is 0.197 e. The Morgan fingerprint density at radius 2 is 1.25 bits per heavy atom. The van der Waals surface area contributed by atoms with Crippen molar-refractivity contribution < 1.29 is 0 Å². The average molecular weight is 667 g/mol. The standard InChI is InChI=1S/C48H37BN3/c1-3-4-5-15-30-25-38(46-45(26-30)52-43-24-11-8-17-32(43)34-20-13-21-39(49-46)48(34)52)36-27-37-35-19-12-18-33-31-16-7-10-23-42(31)51(47(33)35)44(37)28-41(36)50-40-22-9-6-14-29(40)2/h6-14,16-28,50H,3-5,15H2,1-2H3. The minimum atomic E-state index is 1.06. The minimum absolute atomic E-state index is 1.06. The van der Waals surface area contributed by atoms with E-state index in [9.17, 15) is 0 Å². The third-order valence-corrected chi connectivity index (χ3v) is 11.6. The summed E-state index contributed by atoms with van der Waals surface area (Å²) in [6, 6.07) is 49.9. The molecule has 0 saturated heterocycles. The second kappa shape index (κ2) is 11.3. The zero-order valence-electron chi connectivity index (χ0n) is 29.5. The van der Waals surface area contributed by atoms with Gasteiger partial charge in [-0.2, -0.15) is 0 Å². The molecule has 0 spiro atoms. The average Bonchev–Trinajstić information content (AvgIpc) is 3.82. The summed E-state index contributed by atoms with van der Waals surface area (Å²) in [7, 11) is 2.45. The highest BCUT2D eigenvalue weighted by Gasteiger charge is 2.28. The van der Waals surface area contributed by atoms with Gasteiger partial charge < -0.3 is 14.3 Å². The second-order valence-electron chi connectivity index (χ2n) is 14.7. The molecule has 11 rings (SSSR count). The Balaban J connectivity index is 1.25. The maximum atomic E-state index is 3.98. The first kappa shape index (κ1) is 29.7. The van der Waals surface area contributed by atoms with Crippen LogP contribution in [-0.4, -0.2) is 16.2 Å². The van der Waals surface area contributed by atoms with E-state index >= 15 is 0 Å². The molecule has 52 heavy (non-hydrogen) atoms. The molecule has 0 saturated carbocycles. The molecule has 0 atom stereocenters. The predicted octanol–water partition coefficient (Wildman–Crippen LogP) is 11.4. The Labute approximate surface area is 303 Å². The second-order valence-corrected chi connectivity index (χ2v) is 14.7. The summed E-state index contributed by atoms with van der Waals surface area (Å²) in [5.74, 6) is 0. The lowest BCUT2D eigenvalue weighted by molar-refractivity contribution is 0.717. The van der Waals surface area contributed by atoms with Gasteiger partial charge in [0.25, 0.3) is 0 Å². The van der Waals surface area contributed by atoms with E-state index in [0.717, 1.165) is 17.8 Å². The van der Waals surface area contributed by atoms with Gasteiger partial charge in [-0.05, 0) is 78.3 Å². The van der Waals surface area contributed by atoms with Gasteiger partial charge in [-0.1, -0.05) is 122 Å². The molecule has 0 bridgehead atoms. The highest BCUT2D eigenvalue weighted by molar-refractivity contribution is 6.73. The number of fused-ring (bicyclic) bond motifs is 11. The number of anilines is 2. The van der Waals surface area contributed by atoms with E-state index in [1.54, 1.807) is 0 Å². The van der Waals surface area contributed by atoms with E-state index in [0.29, 0.717) is 0 Å². The number of unbranched alkanes of at least 4 members (excludes halogenated alkanes) is 2. The molecule has 1 aliphatic rings. The fourth-order valence-corrected chi connectivity index (χ4v) is 9.21. The Kier molecular flexibility index (Phi) is 6.43. The van der Waals surface area contributed by atoms with Crippen molar-refractivity contribution in [1.82, 2.24) is 8.97 Å². The van der Waals surface area contributed by atoms with Gasteiger partial charge in [0.1, 0.15) is 0 Å². The van der Waals surface area contributed by atoms with E-state index < -0.39 is 0 Å². The molecule has 3 nitrogen and oxygen atoms in total. The van der Waals surface area contributed by atoms with E-state index in [1.165, 1.54) is 118 Å². The van der Waals surface area contributed by atoms with Crippen molar-refractivity contribution in [2.75, 3.05) is 5.32 Å². The van der Waals surface area contributed by atoms with Crippen molar-refractivity contribution >= 4 is 89.5 Å². The largest absolute Gasteiger partial charge is 0.355 e. The number of benzene rings is 7. The maximum absolute atomic E-state index is 3.98. The molecule has 247 valence electrons. The van der Waals surface area contributed by atoms with Crippen LogP contribution in [0.15, 0.2) is 133 Å². The Morgan fingerprint density at radius 1 is 0.558 bits per heavy atom. The summed E-state index contributed by atoms with van der Waals surface area (Å²) in [5.41, 5.74) is 17.5. The Bertz CT molecular complexity index is 3050. The van der Waals surface area contributed by atoms with Crippen molar-refractivity contribution in [3.63, 3.8) is 0 Å². The lowest BCUT2D eigenvalue weighted by Gasteiger charge is -2.26. The van der Waals surface area contributed by atoms with E-state index in [2.05, 4.69) is 169 Å². The van der Waals surface area contributed by atoms with E-state index in [-0.39, 0.29) is 0 Å². The third-order valence-electron chi connectivity index (χ3n) is 11.6. The zero-order valence-corrected chi connectivity index (χ0v) is 29.5. The van der Waals surface area contributed by atoms with Crippen LogP contribution in [0.1, 0.15) is 37.3 Å². The van der Waals surface area contributed by atoms with Crippen molar-refractivity contribution in [1.29, 1.82) is 0 Å². The van der Waals surface area contributed by atoms with Crippen molar-refractivity contribution in [3.8, 4) is 16.8 Å². The number of rotatable bonds is 7.